The van der Waals surface area contributed by atoms with E-state index >= 15 is 0 Å². The van der Waals surface area contributed by atoms with Crippen molar-refractivity contribution in [2.75, 3.05) is 20.2 Å². The Balaban J connectivity index is 1.64. The predicted octanol–water partition coefficient (Wildman–Crippen LogP) is 2.17. The number of aromatic nitrogens is 2. The molecule has 0 radical (unpaired) electrons. The fourth-order valence-corrected chi connectivity index (χ4v) is 2.65. The van der Waals surface area contributed by atoms with Gasteiger partial charge in [-0.15, -0.1) is 0 Å². The molecule has 2 aromatic rings. The SMILES string of the molecule is COc1ccc(C(=O)N2CCCC(Oc3ccncn3)C2)cc1. The van der Waals surface area contributed by atoms with Crippen LogP contribution in [0.4, 0.5) is 0 Å². The number of hydrogen-bond acceptors (Lipinski definition) is 5. The Morgan fingerprint density at radius 3 is 2.78 bits per heavy atom. The van der Waals surface area contributed by atoms with Crippen LogP contribution in [-0.4, -0.2) is 47.1 Å². The number of nitrogens with zero attached hydrogens (tertiary/aromatic N) is 3. The van der Waals surface area contributed by atoms with Gasteiger partial charge < -0.3 is 14.4 Å². The van der Waals surface area contributed by atoms with E-state index in [4.69, 9.17) is 9.47 Å². The number of ether oxygens (including phenoxy) is 2. The highest BCUT2D eigenvalue weighted by Gasteiger charge is 2.25. The number of hydrogen-bond donors (Lipinski definition) is 0. The van der Waals surface area contributed by atoms with Gasteiger partial charge in [0.2, 0.25) is 5.88 Å². The van der Waals surface area contributed by atoms with Gasteiger partial charge >= 0.3 is 0 Å². The minimum Gasteiger partial charge on any atom is -0.497 e. The molecule has 1 aromatic heterocycles. The maximum atomic E-state index is 12.6. The largest absolute Gasteiger partial charge is 0.497 e. The van der Waals surface area contributed by atoms with Gasteiger partial charge in [-0.3, -0.25) is 4.79 Å². The minimum absolute atomic E-state index is 0.0173. The lowest BCUT2D eigenvalue weighted by Gasteiger charge is -2.32. The molecule has 0 bridgehead atoms. The molecule has 1 aromatic carbocycles. The zero-order valence-electron chi connectivity index (χ0n) is 13.0. The summed E-state index contributed by atoms with van der Waals surface area (Å²) in [6.07, 6.45) is 4.89. The van der Waals surface area contributed by atoms with Crippen molar-refractivity contribution in [2.45, 2.75) is 18.9 Å². The Morgan fingerprint density at radius 2 is 2.09 bits per heavy atom. The van der Waals surface area contributed by atoms with Crippen LogP contribution in [0.2, 0.25) is 0 Å². The normalized spacial score (nSPS) is 17.6. The summed E-state index contributed by atoms with van der Waals surface area (Å²) in [4.78, 5) is 22.4. The van der Waals surface area contributed by atoms with Crippen LogP contribution in [0.25, 0.3) is 0 Å². The number of benzene rings is 1. The lowest BCUT2D eigenvalue weighted by molar-refractivity contribution is 0.0527. The van der Waals surface area contributed by atoms with Gasteiger partial charge in [-0.2, -0.15) is 0 Å². The van der Waals surface area contributed by atoms with Crippen molar-refractivity contribution in [2.24, 2.45) is 0 Å². The first-order valence-corrected chi connectivity index (χ1v) is 7.62. The molecule has 3 rings (SSSR count). The van der Waals surface area contributed by atoms with Crippen molar-refractivity contribution in [3.05, 3.63) is 48.4 Å². The molecule has 0 saturated carbocycles. The average molecular weight is 313 g/mol. The number of carbonyl (C=O) groups is 1. The molecule has 0 N–H and O–H groups in total. The van der Waals surface area contributed by atoms with Crippen LogP contribution in [0.1, 0.15) is 23.2 Å². The third-order valence-electron chi connectivity index (χ3n) is 3.84. The monoisotopic (exact) mass is 313 g/mol. The number of amides is 1. The third kappa shape index (κ3) is 3.77. The van der Waals surface area contributed by atoms with Crippen molar-refractivity contribution < 1.29 is 14.3 Å². The molecule has 0 spiro atoms. The summed E-state index contributed by atoms with van der Waals surface area (Å²) >= 11 is 0. The van der Waals surface area contributed by atoms with Crippen LogP contribution in [0.15, 0.2) is 42.9 Å². The molecule has 1 aliphatic heterocycles. The number of piperidine rings is 1. The van der Waals surface area contributed by atoms with Gasteiger partial charge in [-0.05, 0) is 37.1 Å². The van der Waals surface area contributed by atoms with Crippen LogP contribution in [0, 0.1) is 0 Å². The maximum Gasteiger partial charge on any atom is 0.253 e. The van der Waals surface area contributed by atoms with Gasteiger partial charge in [0.25, 0.3) is 5.91 Å². The second kappa shape index (κ2) is 7.09. The summed E-state index contributed by atoms with van der Waals surface area (Å²) in [5, 5.41) is 0. The standard InChI is InChI=1S/C17H19N3O3/c1-22-14-6-4-13(5-7-14)17(21)20-10-2-3-15(11-20)23-16-8-9-18-12-19-16/h4-9,12,15H,2-3,10-11H2,1H3. The Kier molecular flexibility index (Phi) is 4.71. The number of likely N-dealkylation sites (tertiary alicyclic amines) is 1. The highest BCUT2D eigenvalue weighted by molar-refractivity contribution is 5.94. The minimum atomic E-state index is -0.0409. The van der Waals surface area contributed by atoms with Crippen molar-refractivity contribution >= 4 is 5.91 Å². The van der Waals surface area contributed by atoms with E-state index in [9.17, 15) is 4.79 Å². The van der Waals surface area contributed by atoms with E-state index in [2.05, 4.69) is 9.97 Å². The van der Waals surface area contributed by atoms with Crippen molar-refractivity contribution in [1.82, 2.24) is 14.9 Å². The van der Waals surface area contributed by atoms with Crippen LogP contribution in [0.3, 0.4) is 0 Å². The van der Waals surface area contributed by atoms with Gasteiger partial charge in [-0.25, -0.2) is 9.97 Å². The molecule has 1 aliphatic rings. The zero-order valence-corrected chi connectivity index (χ0v) is 13.0. The molecule has 2 heterocycles. The number of carbonyl (C=O) groups excluding carboxylic acids is 1. The van der Waals surface area contributed by atoms with Crippen LogP contribution >= 0.6 is 0 Å². The Labute approximate surface area is 135 Å². The maximum absolute atomic E-state index is 12.6. The summed E-state index contributed by atoms with van der Waals surface area (Å²) in [6.45, 7) is 1.31. The molecular formula is C17H19N3O3. The van der Waals surface area contributed by atoms with Gasteiger partial charge in [-0.1, -0.05) is 0 Å². The molecule has 1 unspecified atom stereocenters. The van der Waals surface area contributed by atoms with Gasteiger partial charge in [0, 0.05) is 24.4 Å². The molecule has 1 amide bonds. The quantitative estimate of drug-likeness (QED) is 0.865. The number of methoxy groups -OCH3 is 1. The third-order valence-corrected chi connectivity index (χ3v) is 3.84. The molecule has 0 aliphatic carbocycles. The summed E-state index contributed by atoms with van der Waals surface area (Å²) in [7, 11) is 1.61. The summed E-state index contributed by atoms with van der Waals surface area (Å²) in [6, 6.07) is 8.90. The Morgan fingerprint density at radius 1 is 1.26 bits per heavy atom. The Hall–Kier alpha value is -2.63. The summed E-state index contributed by atoms with van der Waals surface area (Å²) < 4.78 is 11.0. The fourth-order valence-electron chi connectivity index (χ4n) is 2.65. The van der Waals surface area contributed by atoms with Crippen LogP contribution < -0.4 is 9.47 Å². The van der Waals surface area contributed by atoms with Gasteiger partial charge in [0.05, 0.1) is 13.7 Å². The Bertz CT molecular complexity index is 646. The molecule has 6 nitrogen and oxygen atoms in total. The van der Waals surface area contributed by atoms with Gasteiger partial charge in [0.15, 0.2) is 0 Å². The lowest BCUT2D eigenvalue weighted by atomic mass is 10.1. The smallest absolute Gasteiger partial charge is 0.253 e. The predicted molar refractivity (Wildman–Crippen MR) is 84.6 cm³/mol. The fraction of sp³-hybridized carbons (Fsp3) is 0.353. The van der Waals surface area contributed by atoms with E-state index in [0.29, 0.717) is 18.0 Å². The summed E-state index contributed by atoms with van der Waals surface area (Å²) in [5.41, 5.74) is 0.661. The van der Waals surface area contributed by atoms with Crippen molar-refractivity contribution in [1.29, 1.82) is 0 Å². The molecular weight excluding hydrogens is 294 g/mol. The first-order chi connectivity index (χ1) is 11.3. The van der Waals surface area contributed by atoms with Crippen molar-refractivity contribution in [3.63, 3.8) is 0 Å². The van der Waals surface area contributed by atoms with Gasteiger partial charge in [0.1, 0.15) is 18.2 Å². The first-order valence-electron chi connectivity index (χ1n) is 7.62. The van der Waals surface area contributed by atoms with Crippen molar-refractivity contribution in [3.8, 4) is 11.6 Å². The number of rotatable bonds is 4. The highest BCUT2D eigenvalue weighted by atomic mass is 16.5. The highest BCUT2D eigenvalue weighted by Crippen LogP contribution is 2.19. The van der Waals surface area contributed by atoms with E-state index < -0.39 is 0 Å². The topological polar surface area (TPSA) is 64.5 Å². The average Bonchev–Trinajstić information content (AvgIpc) is 2.62. The molecule has 120 valence electrons. The molecule has 23 heavy (non-hydrogen) atoms. The molecule has 6 heteroatoms. The molecule has 1 fully saturated rings. The summed E-state index contributed by atoms with van der Waals surface area (Å²) in [5.74, 6) is 1.30. The van der Waals surface area contributed by atoms with E-state index in [1.807, 2.05) is 4.90 Å². The van der Waals surface area contributed by atoms with E-state index in [1.165, 1.54) is 6.33 Å². The second-order valence-electron chi connectivity index (χ2n) is 5.41. The zero-order chi connectivity index (χ0) is 16.1. The van der Waals surface area contributed by atoms with E-state index in [1.54, 1.807) is 43.6 Å². The van der Waals surface area contributed by atoms with Crippen LogP contribution in [0.5, 0.6) is 11.6 Å². The first kappa shape index (κ1) is 15.3. The van der Waals surface area contributed by atoms with E-state index in [0.717, 1.165) is 25.1 Å². The van der Waals surface area contributed by atoms with E-state index in [-0.39, 0.29) is 12.0 Å². The lowest BCUT2D eigenvalue weighted by Crippen LogP contribution is -2.44. The molecule has 1 saturated heterocycles. The second-order valence-corrected chi connectivity index (χ2v) is 5.41. The molecule has 1 atom stereocenters. The van der Waals surface area contributed by atoms with Crippen LogP contribution in [-0.2, 0) is 0 Å².